The number of nitrogens with one attached hydrogen (secondary N) is 1. The fourth-order valence-electron chi connectivity index (χ4n) is 2.68. The van der Waals surface area contributed by atoms with Gasteiger partial charge in [0.15, 0.2) is 0 Å². The maximum Gasteiger partial charge on any atom is 0.227 e. The molecule has 3 nitrogen and oxygen atoms in total. The molecule has 1 saturated carbocycles. The van der Waals surface area contributed by atoms with Crippen LogP contribution in [0, 0.1) is 11.8 Å². The highest BCUT2D eigenvalue weighted by atomic mass is 79.9. The molecule has 0 saturated heterocycles. The molecule has 2 unspecified atom stereocenters. The van der Waals surface area contributed by atoms with E-state index in [2.05, 4.69) is 21.2 Å². The van der Waals surface area contributed by atoms with Crippen molar-refractivity contribution in [3.63, 3.8) is 0 Å². The third-order valence-electron chi connectivity index (χ3n) is 3.84. The fraction of sp³-hybridized carbons (Fsp3) is 0.500. The summed E-state index contributed by atoms with van der Waals surface area (Å²) in [5, 5.41) is 3.64. The van der Waals surface area contributed by atoms with Crippen molar-refractivity contribution >= 4 is 50.7 Å². The average Bonchev–Trinajstić information content (AvgIpc) is 2.47. The SMILES string of the molecule is NCC1CCCCC1C(=O)Nc1ccc(Br)c(Cl)c1Cl. The number of halogens is 3. The molecule has 1 aliphatic rings. The van der Waals surface area contributed by atoms with Crippen LogP contribution in [0.2, 0.25) is 10.0 Å². The summed E-state index contributed by atoms with van der Waals surface area (Å²) in [4.78, 5) is 12.4. The van der Waals surface area contributed by atoms with E-state index in [1.54, 1.807) is 12.1 Å². The van der Waals surface area contributed by atoms with E-state index < -0.39 is 0 Å². The lowest BCUT2D eigenvalue weighted by Gasteiger charge is -2.29. The Balaban J connectivity index is 2.13. The van der Waals surface area contributed by atoms with Gasteiger partial charge in [-0.25, -0.2) is 0 Å². The summed E-state index contributed by atoms with van der Waals surface area (Å²) in [6.45, 7) is 0.549. The molecule has 1 amide bonds. The Morgan fingerprint density at radius 1 is 1.30 bits per heavy atom. The first kappa shape index (κ1) is 16.1. The maximum absolute atomic E-state index is 12.4. The van der Waals surface area contributed by atoms with Crippen LogP contribution < -0.4 is 11.1 Å². The minimum absolute atomic E-state index is 0.0135. The van der Waals surface area contributed by atoms with Gasteiger partial charge in [0.1, 0.15) is 0 Å². The van der Waals surface area contributed by atoms with Gasteiger partial charge in [-0.3, -0.25) is 4.79 Å². The Kier molecular flexibility index (Phi) is 5.73. The van der Waals surface area contributed by atoms with Gasteiger partial charge >= 0.3 is 0 Å². The Morgan fingerprint density at radius 3 is 2.70 bits per heavy atom. The molecule has 1 aliphatic carbocycles. The molecule has 0 aliphatic heterocycles. The number of hydrogen-bond acceptors (Lipinski definition) is 2. The van der Waals surface area contributed by atoms with Gasteiger partial charge in [-0.05, 0) is 53.4 Å². The van der Waals surface area contributed by atoms with Gasteiger partial charge in [-0.1, -0.05) is 36.0 Å². The minimum atomic E-state index is -0.0350. The van der Waals surface area contributed by atoms with Gasteiger partial charge in [0, 0.05) is 10.4 Å². The van der Waals surface area contributed by atoms with Crippen molar-refractivity contribution in [3.05, 3.63) is 26.7 Å². The quantitative estimate of drug-likeness (QED) is 0.761. The van der Waals surface area contributed by atoms with Crippen molar-refractivity contribution in [2.24, 2.45) is 17.6 Å². The summed E-state index contributed by atoms with van der Waals surface area (Å²) in [7, 11) is 0. The van der Waals surface area contributed by atoms with Crippen LogP contribution in [0.1, 0.15) is 25.7 Å². The molecule has 20 heavy (non-hydrogen) atoms. The van der Waals surface area contributed by atoms with E-state index in [1.807, 2.05) is 0 Å². The van der Waals surface area contributed by atoms with E-state index in [9.17, 15) is 4.79 Å². The molecule has 110 valence electrons. The molecule has 6 heteroatoms. The molecule has 1 aromatic rings. The van der Waals surface area contributed by atoms with Crippen LogP contribution in [0.25, 0.3) is 0 Å². The van der Waals surface area contributed by atoms with Crippen LogP contribution in [-0.2, 0) is 4.79 Å². The number of carbonyl (C=O) groups excluding carboxylic acids is 1. The van der Waals surface area contributed by atoms with Crippen LogP contribution in [0.15, 0.2) is 16.6 Å². The van der Waals surface area contributed by atoms with Crippen molar-refractivity contribution in [1.29, 1.82) is 0 Å². The second-order valence-electron chi connectivity index (χ2n) is 5.10. The summed E-state index contributed by atoms with van der Waals surface area (Å²) in [5.74, 6) is 0.209. The molecular formula is C14H17BrCl2N2O. The Labute approximate surface area is 137 Å². The number of benzene rings is 1. The van der Waals surface area contributed by atoms with Gasteiger partial charge in [0.05, 0.1) is 15.7 Å². The van der Waals surface area contributed by atoms with E-state index >= 15 is 0 Å². The summed E-state index contributed by atoms with van der Waals surface area (Å²) in [5.41, 5.74) is 6.31. The van der Waals surface area contributed by atoms with Gasteiger partial charge in [-0.15, -0.1) is 0 Å². The lowest BCUT2D eigenvalue weighted by molar-refractivity contribution is -0.122. The van der Waals surface area contributed by atoms with Gasteiger partial charge in [0.25, 0.3) is 0 Å². The first-order chi connectivity index (χ1) is 9.54. The minimum Gasteiger partial charge on any atom is -0.330 e. The summed E-state index contributed by atoms with van der Waals surface area (Å²) < 4.78 is 0.708. The number of carbonyl (C=O) groups is 1. The van der Waals surface area contributed by atoms with Crippen molar-refractivity contribution in [1.82, 2.24) is 0 Å². The third-order valence-corrected chi connectivity index (χ3v) is 5.61. The monoisotopic (exact) mass is 378 g/mol. The van der Waals surface area contributed by atoms with Crippen LogP contribution in [0.3, 0.4) is 0 Å². The highest BCUT2D eigenvalue weighted by molar-refractivity contribution is 9.10. The van der Waals surface area contributed by atoms with Crippen molar-refractivity contribution in [2.45, 2.75) is 25.7 Å². The maximum atomic E-state index is 12.4. The summed E-state index contributed by atoms with van der Waals surface area (Å²) in [6, 6.07) is 3.52. The number of amides is 1. The highest BCUT2D eigenvalue weighted by Crippen LogP contribution is 2.37. The van der Waals surface area contributed by atoms with Crippen molar-refractivity contribution in [2.75, 3.05) is 11.9 Å². The van der Waals surface area contributed by atoms with Crippen LogP contribution in [0.4, 0.5) is 5.69 Å². The predicted molar refractivity (Wildman–Crippen MR) is 87.3 cm³/mol. The van der Waals surface area contributed by atoms with Gasteiger partial charge < -0.3 is 11.1 Å². The van der Waals surface area contributed by atoms with Crippen molar-refractivity contribution in [3.8, 4) is 0 Å². The molecule has 0 heterocycles. The Bertz CT molecular complexity index is 510. The summed E-state index contributed by atoms with van der Waals surface area (Å²) in [6.07, 6.45) is 4.12. The molecular weight excluding hydrogens is 363 g/mol. The molecule has 0 bridgehead atoms. The topological polar surface area (TPSA) is 55.1 Å². The fourth-order valence-corrected chi connectivity index (χ4v) is 3.50. The van der Waals surface area contributed by atoms with Crippen LogP contribution >= 0.6 is 39.1 Å². The molecule has 0 aromatic heterocycles. The van der Waals surface area contributed by atoms with Gasteiger partial charge in [-0.2, -0.15) is 0 Å². The average molecular weight is 380 g/mol. The zero-order chi connectivity index (χ0) is 14.7. The Hall–Kier alpha value is -0.290. The summed E-state index contributed by atoms with van der Waals surface area (Å²) >= 11 is 15.5. The molecule has 1 aromatic carbocycles. The van der Waals surface area contributed by atoms with Crippen molar-refractivity contribution < 1.29 is 4.79 Å². The molecule has 2 rings (SSSR count). The number of rotatable bonds is 3. The zero-order valence-electron chi connectivity index (χ0n) is 11.0. The molecule has 3 N–H and O–H groups in total. The first-order valence-corrected chi connectivity index (χ1v) is 8.24. The van der Waals surface area contributed by atoms with E-state index in [0.29, 0.717) is 26.8 Å². The number of hydrogen-bond donors (Lipinski definition) is 2. The van der Waals surface area contributed by atoms with E-state index in [4.69, 9.17) is 28.9 Å². The molecule has 0 radical (unpaired) electrons. The molecule has 0 spiro atoms. The van der Waals surface area contributed by atoms with Gasteiger partial charge in [0.2, 0.25) is 5.91 Å². The normalized spacial score (nSPS) is 22.6. The zero-order valence-corrected chi connectivity index (χ0v) is 14.1. The smallest absolute Gasteiger partial charge is 0.227 e. The predicted octanol–water partition coefficient (Wildman–Crippen LogP) is 4.46. The third kappa shape index (κ3) is 3.48. The lowest BCUT2D eigenvalue weighted by atomic mass is 9.78. The standard InChI is InChI=1S/C14H17BrCl2N2O/c15-10-5-6-11(13(17)12(10)16)19-14(20)9-4-2-1-3-8(9)7-18/h5-6,8-9H,1-4,7,18H2,(H,19,20). The Morgan fingerprint density at radius 2 is 2.00 bits per heavy atom. The first-order valence-electron chi connectivity index (χ1n) is 6.69. The van der Waals surface area contributed by atoms with E-state index in [1.165, 1.54) is 0 Å². The highest BCUT2D eigenvalue weighted by Gasteiger charge is 2.30. The lowest BCUT2D eigenvalue weighted by Crippen LogP contribution is -2.35. The second kappa shape index (κ2) is 7.12. The molecule has 1 fully saturated rings. The van der Waals surface area contributed by atoms with Crippen LogP contribution in [-0.4, -0.2) is 12.5 Å². The second-order valence-corrected chi connectivity index (χ2v) is 6.71. The van der Waals surface area contributed by atoms with E-state index in [0.717, 1.165) is 25.7 Å². The number of nitrogens with two attached hydrogens (primary N) is 1. The largest absolute Gasteiger partial charge is 0.330 e. The van der Waals surface area contributed by atoms with Crippen LogP contribution in [0.5, 0.6) is 0 Å². The number of anilines is 1. The van der Waals surface area contributed by atoms with E-state index in [-0.39, 0.29) is 17.7 Å². The molecule has 2 atom stereocenters.